The number of amides is 1. The number of ether oxygens (including phenoxy) is 1. The maximum Gasteiger partial charge on any atom is 0.279 e. The first-order valence-corrected chi connectivity index (χ1v) is 8.76. The Morgan fingerprint density at radius 1 is 1.20 bits per heavy atom. The van der Waals surface area contributed by atoms with Gasteiger partial charge < -0.3 is 15.0 Å². The van der Waals surface area contributed by atoms with Gasteiger partial charge in [0, 0.05) is 5.56 Å². The zero-order valence-corrected chi connectivity index (χ0v) is 16.4. The van der Waals surface area contributed by atoms with E-state index >= 15 is 0 Å². The van der Waals surface area contributed by atoms with Gasteiger partial charge in [-0.25, -0.2) is 0 Å². The van der Waals surface area contributed by atoms with Gasteiger partial charge in [-0.3, -0.25) is 4.79 Å². The number of likely N-dealkylation sites (N-methyl/N-ethyl adjacent to an activating group) is 1. The molecule has 1 atom stereocenters. The van der Waals surface area contributed by atoms with E-state index in [2.05, 4.69) is 11.4 Å². The van der Waals surface area contributed by atoms with Gasteiger partial charge in [0.15, 0.2) is 6.54 Å². The number of anilines is 1. The number of nitrogens with one attached hydrogen (secondary N) is 2. The maximum absolute atomic E-state index is 12.4. The summed E-state index contributed by atoms with van der Waals surface area (Å²) >= 11 is 12.4. The molecule has 0 saturated heterocycles. The monoisotopic (exact) mass is 381 g/mol. The lowest BCUT2D eigenvalue weighted by molar-refractivity contribution is -0.885. The van der Waals surface area contributed by atoms with Crippen LogP contribution in [0.5, 0.6) is 5.75 Å². The van der Waals surface area contributed by atoms with Gasteiger partial charge in [0.25, 0.3) is 5.91 Å². The Labute approximate surface area is 158 Å². The molecule has 2 aromatic rings. The van der Waals surface area contributed by atoms with Crippen LogP contribution in [0, 0.1) is 13.8 Å². The Hall–Kier alpha value is -1.75. The van der Waals surface area contributed by atoms with Crippen LogP contribution in [-0.2, 0) is 11.3 Å². The standard InChI is InChI=1S/C19H22Cl2N2O2/c1-12-5-8-16(25-4)14(9-12)10-23(3)11-17(24)22-19-15(20)7-6-13(2)18(19)21/h5-9H,10-11H2,1-4H3,(H,22,24)/p+1. The molecule has 25 heavy (non-hydrogen) atoms. The van der Waals surface area contributed by atoms with Crippen LogP contribution in [0.3, 0.4) is 0 Å². The second kappa shape index (κ2) is 8.56. The zero-order chi connectivity index (χ0) is 18.6. The van der Waals surface area contributed by atoms with Crippen LogP contribution in [0.25, 0.3) is 0 Å². The number of rotatable bonds is 6. The number of hydrogen-bond donors (Lipinski definition) is 2. The molecule has 0 saturated carbocycles. The fourth-order valence-corrected chi connectivity index (χ4v) is 3.13. The normalized spacial score (nSPS) is 11.9. The fraction of sp³-hybridized carbons (Fsp3) is 0.316. The van der Waals surface area contributed by atoms with Crippen LogP contribution in [0.15, 0.2) is 30.3 Å². The van der Waals surface area contributed by atoms with E-state index in [1.807, 2.05) is 39.1 Å². The maximum atomic E-state index is 12.4. The average molecular weight is 382 g/mol. The molecule has 0 spiro atoms. The van der Waals surface area contributed by atoms with Crippen molar-refractivity contribution in [1.82, 2.24) is 0 Å². The van der Waals surface area contributed by atoms with Crippen molar-refractivity contribution in [1.29, 1.82) is 0 Å². The van der Waals surface area contributed by atoms with Gasteiger partial charge >= 0.3 is 0 Å². The third kappa shape index (κ3) is 5.11. The largest absolute Gasteiger partial charge is 0.496 e. The van der Waals surface area contributed by atoms with E-state index in [1.54, 1.807) is 13.2 Å². The molecule has 4 nitrogen and oxygen atoms in total. The zero-order valence-electron chi connectivity index (χ0n) is 14.9. The first-order chi connectivity index (χ1) is 11.8. The van der Waals surface area contributed by atoms with Crippen LogP contribution < -0.4 is 15.0 Å². The number of benzene rings is 2. The molecule has 0 aliphatic heterocycles. The Bertz CT molecular complexity index is 778. The van der Waals surface area contributed by atoms with Crippen LogP contribution in [0.1, 0.15) is 16.7 Å². The second-order valence-corrected chi connectivity index (χ2v) is 7.01. The SMILES string of the molecule is COc1ccc(C)cc1C[NH+](C)CC(=O)Nc1c(Cl)ccc(C)c1Cl. The predicted octanol–water partition coefficient (Wildman–Crippen LogP) is 3.27. The molecule has 0 aliphatic rings. The molecule has 0 aromatic heterocycles. The van der Waals surface area contributed by atoms with E-state index in [0.29, 0.717) is 22.3 Å². The number of quaternary nitrogens is 1. The Balaban J connectivity index is 2.04. The van der Waals surface area contributed by atoms with Crippen LogP contribution in [-0.4, -0.2) is 26.6 Å². The summed E-state index contributed by atoms with van der Waals surface area (Å²) in [6.45, 7) is 4.87. The summed E-state index contributed by atoms with van der Waals surface area (Å²) in [6.07, 6.45) is 0. The van der Waals surface area contributed by atoms with Gasteiger partial charge in [0.2, 0.25) is 0 Å². The average Bonchev–Trinajstić information content (AvgIpc) is 2.55. The van der Waals surface area contributed by atoms with Gasteiger partial charge in [-0.05, 0) is 37.6 Å². The summed E-state index contributed by atoms with van der Waals surface area (Å²) in [4.78, 5) is 13.4. The van der Waals surface area contributed by atoms with Crippen LogP contribution in [0.2, 0.25) is 10.0 Å². The molecule has 2 aromatic carbocycles. The fourth-order valence-electron chi connectivity index (χ4n) is 2.66. The molecule has 134 valence electrons. The minimum Gasteiger partial charge on any atom is -0.496 e. The number of carbonyl (C=O) groups excluding carboxylic acids is 1. The molecule has 0 bridgehead atoms. The van der Waals surface area contributed by atoms with Gasteiger partial charge in [0.05, 0.1) is 29.9 Å². The van der Waals surface area contributed by atoms with Crippen molar-refractivity contribution < 1.29 is 14.4 Å². The van der Waals surface area contributed by atoms with Crippen molar-refractivity contribution in [3.05, 3.63) is 57.1 Å². The lowest BCUT2D eigenvalue weighted by Crippen LogP contribution is -3.08. The number of aryl methyl sites for hydroxylation is 2. The van der Waals surface area contributed by atoms with E-state index in [-0.39, 0.29) is 12.5 Å². The third-order valence-electron chi connectivity index (χ3n) is 3.94. The molecule has 2 N–H and O–H groups in total. The first kappa shape index (κ1) is 19.6. The highest BCUT2D eigenvalue weighted by molar-refractivity contribution is 6.40. The molecule has 0 aliphatic carbocycles. The summed E-state index contributed by atoms with van der Waals surface area (Å²) < 4.78 is 5.40. The van der Waals surface area contributed by atoms with Crippen molar-refractivity contribution in [2.45, 2.75) is 20.4 Å². The summed E-state index contributed by atoms with van der Waals surface area (Å²) in [5.41, 5.74) is 3.56. The molecule has 1 unspecified atom stereocenters. The van der Waals surface area contributed by atoms with E-state index in [9.17, 15) is 4.79 Å². The first-order valence-electron chi connectivity index (χ1n) is 8.01. The molecule has 0 radical (unpaired) electrons. The summed E-state index contributed by atoms with van der Waals surface area (Å²) in [6, 6.07) is 9.58. The minimum absolute atomic E-state index is 0.140. The van der Waals surface area contributed by atoms with Crippen LogP contribution >= 0.6 is 23.2 Å². The van der Waals surface area contributed by atoms with Crippen molar-refractivity contribution >= 4 is 34.8 Å². The van der Waals surface area contributed by atoms with Gasteiger partial charge in [-0.2, -0.15) is 0 Å². The lowest BCUT2D eigenvalue weighted by Gasteiger charge is -2.17. The Morgan fingerprint density at radius 3 is 2.60 bits per heavy atom. The van der Waals surface area contributed by atoms with Crippen molar-refractivity contribution in [3.63, 3.8) is 0 Å². The number of hydrogen-bond acceptors (Lipinski definition) is 2. The van der Waals surface area contributed by atoms with Gasteiger partial charge in [-0.15, -0.1) is 0 Å². The Kier molecular flexibility index (Phi) is 6.71. The minimum atomic E-state index is -0.140. The summed E-state index contributed by atoms with van der Waals surface area (Å²) in [5, 5.41) is 3.72. The molecular weight excluding hydrogens is 359 g/mol. The summed E-state index contributed by atoms with van der Waals surface area (Å²) in [7, 11) is 3.61. The highest BCUT2D eigenvalue weighted by Gasteiger charge is 2.16. The van der Waals surface area contributed by atoms with E-state index in [0.717, 1.165) is 27.3 Å². The van der Waals surface area contributed by atoms with Crippen molar-refractivity contribution in [2.75, 3.05) is 26.0 Å². The van der Waals surface area contributed by atoms with Gasteiger partial charge in [0.1, 0.15) is 12.3 Å². The smallest absolute Gasteiger partial charge is 0.279 e. The van der Waals surface area contributed by atoms with Crippen molar-refractivity contribution in [3.8, 4) is 5.75 Å². The quantitative estimate of drug-likeness (QED) is 0.806. The van der Waals surface area contributed by atoms with E-state index < -0.39 is 0 Å². The predicted molar refractivity (Wildman–Crippen MR) is 103 cm³/mol. The van der Waals surface area contributed by atoms with E-state index in [4.69, 9.17) is 27.9 Å². The molecule has 1 amide bonds. The van der Waals surface area contributed by atoms with Crippen LogP contribution in [0.4, 0.5) is 5.69 Å². The Morgan fingerprint density at radius 2 is 1.92 bits per heavy atom. The molecular formula is C19H23Cl2N2O2+. The molecule has 2 rings (SSSR count). The topological polar surface area (TPSA) is 42.8 Å². The molecule has 0 heterocycles. The van der Waals surface area contributed by atoms with Crippen molar-refractivity contribution in [2.24, 2.45) is 0 Å². The number of methoxy groups -OCH3 is 1. The number of carbonyl (C=O) groups is 1. The second-order valence-electron chi connectivity index (χ2n) is 6.23. The van der Waals surface area contributed by atoms with Gasteiger partial charge in [-0.1, -0.05) is 40.9 Å². The highest BCUT2D eigenvalue weighted by Crippen LogP contribution is 2.32. The molecule has 6 heteroatoms. The summed E-state index contributed by atoms with van der Waals surface area (Å²) in [5.74, 6) is 0.689. The number of halogens is 2. The lowest BCUT2D eigenvalue weighted by atomic mass is 10.1. The van der Waals surface area contributed by atoms with E-state index in [1.165, 1.54) is 0 Å². The highest BCUT2D eigenvalue weighted by atomic mass is 35.5. The molecule has 0 fully saturated rings. The third-order valence-corrected chi connectivity index (χ3v) is 4.74.